The summed E-state index contributed by atoms with van der Waals surface area (Å²) in [4.78, 5) is 4.40. The van der Waals surface area contributed by atoms with E-state index < -0.39 is 0 Å². The maximum Gasteiger partial charge on any atom is 0.231 e. The van der Waals surface area contributed by atoms with Crippen molar-refractivity contribution in [2.24, 2.45) is 10.9 Å². The first-order chi connectivity index (χ1) is 15.3. The molecule has 3 aliphatic rings. The van der Waals surface area contributed by atoms with Gasteiger partial charge in [0.05, 0.1) is 13.2 Å². The van der Waals surface area contributed by atoms with E-state index in [0.29, 0.717) is 12.7 Å². The lowest BCUT2D eigenvalue weighted by molar-refractivity contribution is 0.0513. The molecule has 0 radical (unpaired) electrons. The Bertz CT molecular complexity index is 730. The molecule has 0 aromatic heterocycles. The largest absolute Gasteiger partial charge is 0.454 e. The second-order valence-corrected chi connectivity index (χ2v) is 8.47. The Morgan fingerprint density at radius 1 is 1.13 bits per heavy atom. The molecular weight excluding hydrogens is 398 g/mol. The molecule has 0 bridgehead atoms. The number of hydrogen-bond acceptors (Lipinski definition) is 6. The summed E-state index contributed by atoms with van der Waals surface area (Å²) in [5.41, 5.74) is 1.23. The molecule has 2 saturated heterocycles. The van der Waals surface area contributed by atoms with Gasteiger partial charge in [-0.2, -0.15) is 0 Å². The van der Waals surface area contributed by atoms with Crippen molar-refractivity contribution in [3.8, 4) is 11.5 Å². The van der Waals surface area contributed by atoms with Gasteiger partial charge in [-0.25, -0.2) is 0 Å². The van der Waals surface area contributed by atoms with E-state index in [-0.39, 0.29) is 5.41 Å². The zero-order valence-corrected chi connectivity index (χ0v) is 18.5. The predicted molar refractivity (Wildman–Crippen MR) is 118 cm³/mol. The molecule has 2 N–H and O–H groups in total. The number of rotatable bonds is 9. The summed E-state index contributed by atoms with van der Waals surface area (Å²) in [6.45, 7) is 6.67. The van der Waals surface area contributed by atoms with Gasteiger partial charge in [-0.05, 0) is 43.4 Å². The van der Waals surface area contributed by atoms with Crippen molar-refractivity contribution in [1.29, 1.82) is 0 Å². The van der Waals surface area contributed by atoms with Crippen molar-refractivity contribution in [3.63, 3.8) is 0 Å². The number of guanidine groups is 1. The predicted octanol–water partition coefficient (Wildman–Crippen LogP) is 2.07. The molecule has 172 valence electrons. The Morgan fingerprint density at radius 3 is 2.81 bits per heavy atom. The number of benzene rings is 1. The Labute approximate surface area is 184 Å². The molecule has 3 heterocycles. The van der Waals surface area contributed by atoms with Crippen LogP contribution in [0.3, 0.4) is 0 Å². The third-order valence-corrected chi connectivity index (χ3v) is 6.39. The van der Waals surface area contributed by atoms with Gasteiger partial charge in [0.2, 0.25) is 6.79 Å². The third-order valence-electron chi connectivity index (χ3n) is 6.39. The van der Waals surface area contributed by atoms with Crippen LogP contribution in [-0.2, 0) is 19.6 Å². The highest BCUT2D eigenvalue weighted by Gasteiger charge is 2.35. The number of fused-ring (bicyclic) bond motifs is 1. The number of nitrogens with zero attached hydrogens (tertiary/aromatic N) is 1. The standard InChI is InChI=1S/C23H35N3O5/c1-24-22(25-8-2-9-28-14-18-5-10-29-15-18)26-16-23(6-11-27-12-7-23)19-3-4-20-21(13-19)31-17-30-20/h3-4,13,18H,2,5-12,14-17H2,1H3,(H2,24,25,26). The molecule has 1 aromatic carbocycles. The summed E-state index contributed by atoms with van der Waals surface area (Å²) in [6.07, 6.45) is 3.96. The first kappa shape index (κ1) is 22.2. The van der Waals surface area contributed by atoms with Crippen LogP contribution in [0.15, 0.2) is 23.2 Å². The first-order valence-corrected chi connectivity index (χ1v) is 11.4. The van der Waals surface area contributed by atoms with E-state index >= 15 is 0 Å². The van der Waals surface area contributed by atoms with Crippen LogP contribution in [0, 0.1) is 5.92 Å². The van der Waals surface area contributed by atoms with E-state index in [1.807, 2.05) is 13.1 Å². The van der Waals surface area contributed by atoms with Gasteiger partial charge in [0, 0.05) is 57.9 Å². The highest BCUT2D eigenvalue weighted by molar-refractivity contribution is 5.79. The molecule has 0 amide bonds. The highest BCUT2D eigenvalue weighted by atomic mass is 16.7. The lowest BCUT2D eigenvalue weighted by Crippen LogP contribution is -2.48. The summed E-state index contributed by atoms with van der Waals surface area (Å²) in [5, 5.41) is 6.94. The van der Waals surface area contributed by atoms with Gasteiger partial charge in [0.1, 0.15) is 0 Å². The SMILES string of the molecule is CN=C(NCCCOCC1CCOC1)NCC1(c2ccc3c(c2)OCO3)CCOCC1. The lowest BCUT2D eigenvalue weighted by Gasteiger charge is -2.38. The minimum absolute atomic E-state index is 0.0245. The van der Waals surface area contributed by atoms with E-state index in [1.54, 1.807) is 0 Å². The van der Waals surface area contributed by atoms with Crippen LogP contribution in [-0.4, -0.2) is 72.5 Å². The van der Waals surface area contributed by atoms with E-state index in [0.717, 1.165) is 95.9 Å². The van der Waals surface area contributed by atoms with Crippen molar-refractivity contribution in [2.45, 2.75) is 31.1 Å². The van der Waals surface area contributed by atoms with Crippen molar-refractivity contribution < 1.29 is 23.7 Å². The van der Waals surface area contributed by atoms with Gasteiger partial charge in [0.25, 0.3) is 0 Å². The Morgan fingerprint density at radius 2 is 2.00 bits per heavy atom. The maximum atomic E-state index is 5.78. The molecule has 2 fully saturated rings. The van der Waals surface area contributed by atoms with Crippen molar-refractivity contribution in [3.05, 3.63) is 23.8 Å². The maximum absolute atomic E-state index is 5.78. The summed E-state index contributed by atoms with van der Waals surface area (Å²) in [6, 6.07) is 6.29. The van der Waals surface area contributed by atoms with Gasteiger partial charge in [-0.15, -0.1) is 0 Å². The first-order valence-electron chi connectivity index (χ1n) is 11.4. The van der Waals surface area contributed by atoms with Crippen LogP contribution in [0.4, 0.5) is 0 Å². The van der Waals surface area contributed by atoms with Crippen LogP contribution in [0.25, 0.3) is 0 Å². The molecule has 1 atom stereocenters. The fourth-order valence-corrected chi connectivity index (χ4v) is 4.38. The van der Waals surface area contributed by atoms with Crippen LogP contribution in [0.5, 0.6) is 11.5 Å². The zero-order chi connectivity index (χ0) is 21.4. The molecule has 0 aliphatic carbocycles. The van der Waals surface area contributed by atoms with Crippen molar-refractivity contribution in [2.75, 3.05) is 66.6 Å². The summed E-state index contributed by atoms with van der Waals surface area (Å²) >= 11 is 0. The summed E-state index contributed by atoms with van der Waals surface area (Å²) < 4.78 is 27.9. The summed E-state index contributed by atoms with van der Waals surface area (Å²) in [7, 11) is 1.81. The fourth-order valence-electron chi connectivity index (χ4n) is 4.38. The smallest absolute Gasteiger partial charge is 0.231 e. The van der Waals surface area contributed by atoms with Crippen molar-refractivity contribution >= 4 is 5.96 Å². The zero-order valence-electron chi connectivity index (χ0n) is 18.5. The van der Waals surface area contributed by atoms with Crippen molar-refractivity contribution in [1.82, 2.24) is 10.6 Å². The Kier molecular flexibility index (Phi) is 7.88. The number of aliphatic imine (C=N–C) groups is 1. The molecule has 8 nitrogen and oxygen atoms in total. The molecule has 4 rings (SSSR count). The second kappa shape index (κ2) is 11.0. The summed E-state index contributed by atoms with van der Waals surface area (Å²) in [5.74, 6) is 3.03. The Balaban J connectivity index is 1.25. The van der Waals surface area contributed by atoms with Gasteiger partial charge >= 0.3 is 0 Å². The number of nitrogens with one attached hydrogen (secondary N) is 2. The van der Waals surface area contributed by atoms with Crippen LogP contribution in [0.1, 0.15) is 31.2 Å². The molecule has 3 aliphatic heterocycles. The molecule has 1 unspecified atom stereocenters. The van der Waals surface area contributed by atoms with E-state index in [1.165, 1.54) is 5.56 Å². The molecule has 31 heavy (non-hydrogen) atoms. The fraction of sp³-hybridized carbons (Fsp3) is 0.696. The Hall–Kier alpha value is -2.03. The van der Waals surface area contributed by atoms with Gasteiger partial charge in [-0.3, -0.25) is 4.99 Å². The normalized spacial score (nSPS) is 22.5. The average molecular weight is 434 g/mol. The van der Waals surface area contributed by atoms with Gasteiger partial charge in [-0.1, -0.05) is 6.07 Å². The molecule has 8 heteroatoms. The minimum atomic E-state index is -0.0245. The topological polar surface area (TPSA) is 82.6 Å². The number of ether oxygens (including phenoxy) is 5. The lowest BCUT2D eigenvalue weighted by atomic mass is 9.74. The average Bonchev–Trinajstić information content (AvgIpc) is 3.50. The quantitative estimate of drug-likeness (QED) is 0.350. The molecule has 0 saturated carbocycles. The van der Waals surface area contributed by atoms with Crippen LogP contribution in [0.2, 0.25) is 0 Å². The van der Waals surface area contributed by atoms with E-state index in [9.17, 15) is 0 Å². The molecular formula is C23H35N3O5. The molecule has 0 spiro atoms. The van der Waals surface area contributed by atoms with E-state index in [4.69, 9.17) is 23.7 Å². The van der Waals surface area contributed by atoms with Crippen LogP contribution < -0.4 is 20.1 Å². The molecule has 1 aromatic rings. The second-order valence-electron chi connectivity index (χ2n) is 8.47. The van der Waals surface area contributed by atoms with Gasteiger partial charge in [0.15, 0.2) is 17.5 Å². The monoisotopic (exact) mass is 433 g/mol. The third kappa shape index (κ3) is 5.81. The minimum Gasteiger partial charge on any atom is -0.454 e. The highest BCUT2D eigenvalue weighted by Crippen LogP contribution is 2.40. The van der Waals surface area contributed by atoms with Crippen LogP contribution >= 0.6 is 0 Å². The number of hydrogen-bond donors (Lipinski definition) is 2. The van der Waals surface area contributed by atoms with E-state index in [2.05, 4.69) is 27.8 Å². The van der Waals surface area contributed by atoms with Gasteiger partial charge < -0.3 is 34.3 Å².